The first-order chi connectivity index (χ1) is 19.8. The van der Waals surface area contributed by atoms with Crippen LogP contribution in [0.25, 0.3) is 0 Å². The molecule has 1 aromatic rings. The maximum Gasteiger partial charge on any atom is 0.305 e. The van der Waals surface area contributed by atoms with E-state index in [1.807, 2.05) is 19.1 Å². The lowest BCUT2D eigenvalue weighted by Gasteiger charge is -2.62. The van der Waals surface area contributed by atoms with Crippen LogP contribution in [0, 0.1) is 28.6 Å². The lowest BCUT2D eigenvalue weighted by Crippen LogP contribution is -2.69. The number of hydrogen-bond acceptors (Lipinski definition) is 7. The summed E-state index contributed by atoms with van der Waals surface area (Å²) in [6.07, 6.45) is 0.998. The molecule has 7 nitrogen and oxygen atoms in total. The van der Waals surface area contributed by atoms with Crippen LogP contribution < -0.4 is 0 Å². The number of aliphatic hydroxyl groups excluding tert-OH is 1. The van der Waals surface area contributed by atoms with E-state index >= 15 is 8.78 Å². The average Bonchev–Trinajstić information content (AvgIpc) is 3.43. The highest BCUT2D eigenvalue weighted by molar-refractivity contribution is 6.30. The van der Waals surface area contributed by atoms with E-state index in [-0.39, 0.29) is 37.0 Å². The Hall–Kier alpha value is -2.46. The number of carbonyl (C=O) groups excluding carboxylic acids is 3. The molecule has 0 spiro atoms. The minimum absolute atomic E-state index is 0.0947. The van der Waals surface area contributed by atoms with Gasteiger partial charge in [-0.25, -0.2) is 8.78 Å². The van der Waals surface area contributed by atoms with E-state index in [0.29, 0.717) is 24.5 Å². The summed E-state index contributed by atoms with van der Waals surface area (Å²) in [5.41, 5.74) is -5.35. The summed E-state index contributed by atoms with van der Waals surface area (Å²) in [5, 5.41) is 14.0. The van der Waals surface area contributed by atoms with Gasteiger partial charge < -0.3 is 9.84 Å². The van der Waals surface area contributed by atoms with Crippen LogP contribution in [0.15, 0.2) is 47.8 Å². The van der Waals surface area contributed by atoms with E-state index in [4.69, 9.17) is 21.2 Å². The molecule has 0 radical (unpaired) electrons. The van der Waals surface area contributed by atoms with Crippen molar-refractivity contribution < 1.29 is 37.8 Å². The SMILES string of the molecule is CCC(=O)OCC(=O)[C@@]12ON(Cc3ccc(Cl)cc3)C[C@@H]1C[C@H]1[C@@H]3CC(F)=C4CC(=O)C=C[C@]4(C)[C@@]3(F)[C@@H](O)C[C@@]12C. The number of ketones is 2. The number of Topliss-reactive ketones (excluding diaryl/α,β-unsaturated/α-hetero) is 1. The number of fused-ring (bicyclic) bond motifs is 7. The monoisotopic (exact) mass is 603 g/mol. The first-order valence-electron chi connectivity index (χ1n) is 14.6. The van der Waals surface area contributed by atoms with Crippen molar-refractivity contribution >= 4 is 29.1 Å². The molecule has 226 valence electrons. The van der Waals surface area contributed by atoms with Gasteiger partial charge in [-0.1, -0.05) is 43.7 Å². The number of alkyl halides is 1. The third-order valence-electron chi connectivity index (χ3n) is 11.0. The molecule has 2 saturated carbocycles. The zero-order valence-corrected chi connectivity index (χ0v) is 24.8. The first kappa shape index (κ1) is 29.6. The van der Waals surface area contributed by atoms with Crippen LogP contribution in [-0.4, -0.2) is 58.2 Å². The van der Waals surface area contributed by atoms with E-state index in [2.05, 4.69) is 0 Å². The van der Waals surface area contributed by atoms with Gasteiger partial charge in [-0.3, -0.25) is 19.2 Å². The molecule has 0 bridgehead atoms. The largest absolute Gasteiger partial charge is 0.458 e. The summed E-state index contributed by atoms with van der Waals surface area (Å²) in [6, 6.07) is 7.26. The Kier molecular flexibility index (Phi) is 7.08. The Bertz CT molecular complexity index is 1400. The minimum Gasteiger partial charge on any atom is -0.458 e. The molecular weight excluding hydrogens is 568 g/mol. The Labute approximate surface area is 248 Å². The molecular formula is C32H36ClF2NO6. The van der Waals surface area contributed by atoms with Gasteiger partial charge in [0.15, 0.2) is 23.7 Å². The van der Waals surface area contributed by atoms with Crippen molar-refractivity contribution in [1.82, 2.24) is 5.06 Å². The van der Waals surface area contributed by atoms with Crippen LogP contribution in [0.5, 0.6) is 0 Å². The first-order valence-corrected chi connectivity index (χ1v) is 15.0. The van der Waals surface area contributed by atoms with Crippen LogP contribution in [0.4, 0.5) is 8.78 Å². The quantitative estimate of drug-likeness (QED) is 0.445. The topological polar surface area (TPSA) is 93.1 Å². The lowest BCUT2D eigenvalue weighted by molar-refractivity contribution is -0.267. The molecule has 0 aromatic heterocycles. The summed E-state index contributed by atoms with van der Waals surface area (Å²) in [4.78, 5) is 45.0. The molecule has 1 N–H and O–H groups in total. The average molecular weight is 604 g/mol. The smallest absolute Gasteiger partial charge is 0.305 e. The molecule has 1 heterocycles. The van der Waals surface area contributed by atoms with E-state index in [9.17, 15) is 19.5 Å². The highest BCUT2D eigenvalue weighted by Crippen LogP contribution is 2.72. The Morgan fingerprint density at radius 3 is 2.62 bits per heavy atom. The standard InChI is InChI=1S/C32H36ClF2NO6/c1-4-28(40)41-17-27(39)32-19(16-36(42-32)15-18-5-7-20(33)8-6-18)11-22-23-13-25(34)24-12-21(37)9-10-29(24,2)31(23,35)26(38)14-30(22,32)3/h5-10,19,22-23,26,38H,4,11-17H2,1-3H3/t19-,22-,23-,26-,29-,30-,31-,32-/m0/s1. The number of halogens is 3. The number of hydroxylamine groups is 2. The van der Waals surface area contributed by atoms with Gasteiger partial charge in [0.1, 0.15) is 5.83 Å². The second kappa shape index (κ2) is 10.0. The maximum absolute atomic E-state index is 17.6. The van der Waals surface area contributed by atoms with Crippen molar-refractivity contribution in [2.24, 2.45) is 28.6 Å². The van der Waals surface area contributed by atoms with Gasteiger partial charge in [-0.05, 0) is 55.0 Å². The number of esters is 1. The number of allylic oxidation sites excluding steroid dienone is 4. The van der Waals surface area contributed by atoms with E-state index < -0.39 is 70.1 Å². The zero-order chi connectivity index (χ0) is 30.2. The minimum atomic E-state index is -2.25. The molecule has 1 aromatic carbocycles. The molecule has 1 saturated heterocycles. The van der Waals surface area contributed by atoms with E-state index in [0.717, 1.165) is 5.56 Å². The molecule has 5 aliphatic rings. The molecule has 1 aliphatic heterocycles. The van der Waals surface area contributed by atoms with Crippen LogP contribution in [0.2, 0.25) is 5.02 Å². The third-order valence-corrected chi connectivity index (χ3v) is 11.3. The van der Waals surface area contributed by atoms with Gasteiger partial charge in [0.25, 0.3) is 0 Å². The summed E-state index contributed by atoms with van der Waals surface area (Å²) >= 11 is 6.05. The fraction of sp³-hybridized carbons (Fsp3) is 0.594. The fourth-order valence-electron chi connectivity index (χ4n) is 9.04. The van der Waals surface area contributed by atoms with Gasteiger partial charge in [-0.2, -0.15) is 5.06 Å². The predicted molar refractivity (Wildman–Crippen MR) is 149 cm³/mol. The number of rotatable bonds is 6. The maximum atomic E-state index is 17.6. The highest BCUT2D eigenvalue weighted by atomic mass is 35.5. The number of hydrogen-bond donors (Lipinski definition) is 1. The molecule has 0 amide bonds. The molecule has 10 heteroatoms. The van der Waals surface area contributed by atoms with Gasteiger partial charge in [0, 0.05) is 60.0 Å². The van der Waals surface area contributed by atoms with Crippen LogP contribution in [0.1, 0.15) is 58.4 Å². The van der Waals surface area contributed by atoms with Crippen molar-refractivity contribution in [3.63, 3.8) is 0 Å². The van der Waals surface area contributed by atoms with Crippen molar-refractivity contribution in [1.29, 1.82) is 0 Å². The molecule has 0 unspecified atom stereocenters. The van der Waals surface area contributed by atoms with Crippen LogP contribution in [0.3, 0.4) is 0 Å². The lowest BCUT2D eigenvalue weighted by atomic mass is 9.45. The molecule has 42 heavy (non-hydrogen) atoms. The third kappa shape index (κ3) is 3.96. The molecule has 3 fully saturated rings. The number of carbonyl (C=O) groups is 3. The normalized spacial score (nSPS) is 40.8. The fourth-order valence-corrected chi connectivity index (χ4v) is 9.16. The van der Waals surface area contributed by atoms with Gasteiger partial charge in [0.05, 0.1) is 6.10 Å². The van der Waals surface area contributed by atoms with Gasteiger partial charge in [-0.15, -0.1) is 0 Å². The summed E-state index contributed by atoms with van der Waals surface area (Å²) in [6.45, 7) is 5.21. The number of benzene rings is 1. The highest BCUT2D eigenvalue weighted by Gasteiger charge is 2.79. The molecule has 6 rings (SSSR count). The van der Waals surface area contributed by atoms with Crippen molar-refractivity contribution in [2.45, 2.75) is 76.8 Å². The van der Waals surface area contributed by atoms with E-state index in [1.165, 1.54) is 12.2 Å². The molecule has 4 aliphatic carbocycles. The summed E-state index contributed by atoms with van der Waals surface area (Å²) < 4.78 is 38.7. The van der Waals surface area contributed by atoms with Crippen LogP contribution >= 0.6 is 11.6 Å². The van der Waals surface area contributed by atoms with Crippen molar-refractivity contribution in [2.75, 3.05) is 13.2 Å². The zero-order valence-electron chi connectivity index (χ0n) is 24.0. The van der Waals surface area contributed by atoms with Crippen LogP contribution in [-0.2, 0) is 30.5 Å². The van der Waals surface area contributed by atoms with Gasteiger partial charge in [0.2, 0.25) is 5.78 Å². The predicted octanol–water partition coefficient (Wildman–Crippen LogP) is 5.24. The number of aliphatic hydroxyl groups is 1. The summed E-state index contributed by atoms with van der Waals surface area (Å²) in [5.74, 6) is -3.69. The van der Waals surface area contributed by atoms with Gasteiger partial charge >= 0.3 is 5.97 Å². The van der Waals surface area contributed by atoms with Crippen molar-refractivity contribution in [3.05, 3.63) is 58.4 Å². The Morgan fingerprint density at radius 2 is 1.93 bits per heavy atom. The Morgan fingerprint density at radius 1 is 1.21 bits per heavy atom. The number of ether oxygens (including phenoxy) is 1. The Balaban J connectivity index is 1.40. The van der Waals surface area contributed by atoms with E-state index in [1.54, 1.807) is 31.0 Å². The summed E-state index contributed by atoms with van der Waals surface area (Å²) in [7, 11) is 0. The molecule has 8 atom stereocenters. The second-order valence-corrected chi connectivity index (χ2v) is 13.5. The van der Waals surface area contributed by atoms with Crippen molar-refractivity contribution in [3.8, 4) is 0 Å². The number of nitrogens with zero attached hydrogens (tertiary/aromatic N) is 1. The second-order valence-electron chi connectivity index (χ2n) is 13.0.